The Balaban J connectivity index is 2.17. The van der Waals surface area contributed by atoms with Gasteiger partial charge in [0.05, 0.1) is 12.6 Å². The number of fused-ring (bicyclic) bond motifs is 1. The molecule has 5 nitrogen and oxygen atoms in total. The van der Waals surface area contributed by atoms with E-state index in [1.807, 2.05) is 17.7 Å². The van der Waals surface area contributed by atoms with Gasteiger partial charge in [-0.15, -0.1) is 0 Å². The van der Waals surface area contributed by atoms with E-state index in [4.69, 9.17) is 5.26 Å². The minimum Gasteiger partial charge on any atom is -0.332 e. The molecule has 1 aromatic rings. The van der Waals surface area contributed by atoms with Crippen LogP contribution in [0.3, 0.4) is 0 Å². The minimum absolute atomic E-state index is 0.0863. The first-order valence-electron chi connectivity index (χ1n) is 5.81. The monoisotopic (exact) mass is 232 g/mol. The van der Waals surface area contributed by atoms with E-state index in [2.05, 4.69) is 11.1 Å². The van der Waals surface area contributed by atoms with E-state index in [1.165, 1.54) is 0 Å². The number of imidazole rings is 1. The first-order valence-corrected chi connectivity index (χ1v) is 5.81. The van der Waals surface area contributed by atoms with Gasteiger partial charge in [0.1, 0.15) is 11.2 Å². The Labute approximate surface area is 101 Å². The fraction of sp³-hybridized carbons (Fsp3) is 0.583. The highest BCUT2D eigenvalue weighted by molar-refractivity contribution is 5.85. The number of carbonyl (C=O) groups is 1. The molecule has 1 aromatic heterocycles. The Hall–Kier alpha value is -1.83. The third-order valence-electron chi connectivity index (χ3n) is 3.46. The summed E-state index contributed by atoms with van der Waals surface area (Å²) < 4.78 is 2.04. The lowest BCUT2D eigenvalue weighted by molar-refractivity contribution is -0.140. The predicted octanol–water partition coefficient (Wildman–Crippen LogP) is 1.17. The number of aromatic nitrogens is 2. The van der Waals surface area contributed by atoms with Crippen LogP contribution in [0.2, 0.25) is 0 Å². The summed E-state index contributed by atoms with van der Waals surface area (Å²) in [6, 6.07) is 2.12. The molecule has 0 saturated heterocycles. The van der Waals surface area contributed by atoms with Gasteiger partial charge >= 0.3 is 0 Å². The Bertz CT molecular complexity index is 473. The molecule has 0 saturated carbocycles. The molecule has 0 radical (unpaired) electrons. The quantitative estimate of drug-likeness (QED) is 0.768. The zero-order valence-electron chi connectivity index (χ0n) is 10.2. The third kappa shape index (κ3) is 1.91. The van der Waals surface area contributed by atoms with E-state index in [0.717, 1.165) is 12.4 Å². The Morgan fingerprint density at radius 2 is 2.41 bits per heavy atom. The fourth-order valence-corrected chi connectivity index (χ4v) is 1.97. The van der Waals surface area contributed by atoms with Crippen molar-refractivity contribution in [1.82, 2.24) is 14.5 Å². The summed E-state index contributed by atoms with van der Waals surface area (Å²) in [6.07, 6.45) is 4.19. The zero-order valence-corrected chi connectivity index (χ0v) is 10.2. The van der Waals surface area contributed by atoms with Crippen molar-refractivity contribution in [2.75, 3.05) is 6.54 Å². The summed E-state index contributed by atoms with van der Waals surface area (Å²) in [5.41, 5.74) is -0.908. The van der Waals surface area contributed by atoms with Crippen molar-refractivity contribution in [3.05, 3.63) is 18.2 Å². The average molecular weight is 232 g/mol. The van der Waals surface area contributed by atoms with Gasteiger partial charge in [0.2, 0.25) is 5.91 Å². The van der Waals surface area contributed by atoms with E-state index in [9.17, 15) is 4.79 Å². The molecule has 5 heteroatoms. The first kappa shape index (κ1) is 11.6. The molecule has 0 fully saturated rings. The van der Waals surface area contributed by atoms with Crippen LogP contribution in [0.4, 0.5) is 0 Å². The molecule has 0 spiro atoms. The normalized spacial score (nSPS) is 18.1. The SMILES string of the molecule is CCC(C)(C#N)C(=O)N1CCn2ccnc2C1. The summed E-state index contributed by atoms with van der Waals surface area (Å²) in [6.45, 7) is 5.48. The van der Waals surface area contributed by atoms with E-state index < -0.39 is 5.41 Å². The maximum Gasteiger partial charge on any atom is 0.243 e. The van der Waals surface area contributed by atoms with Crippen molar-refractivity contribution in [3.63, 3.8) is 0 Å². The second kappa shape index (κ2) is 4.21. The van der Waals surface area contributed by atoms with Gasteiger partial charge in [0.25, 0.3) is 0 Å². The number of carbonyl (C=O) groups excluding carboxylic acids is 1. The standard InChI is InChI=1S/C12H16N4O/c1-3-12(2,9-13)11(17)16-7-6-15-5-4-14-10(15)8-16/h4-5H,3,6-8H2,1-2H3. The molecule has 1 aliphatic rings. The Morgan fingerprint density at radius 3 is 3.06 bits per heavy atom. The van der Waals surface area contributed by atoms with E-state index in [0.29, 0.717) is 19.5 Å². The molecule has 1 amide bonds. The number of hydrogen-bond acceptors (Lipinski definition) is 3. The molecule has 17 heavy (non-hydrogen) atoms. The fourth-order valence-electron chi connectivity index (χ4n) is 1.97. The number of amides is 1. The second-order valence-electron chi connectivity index (χ2n) is 4.56. The van der Waals surface area contributed by atoms with Gasteiger partial charge in [-0.05, 0) is 13.3 Å². The molecule has 0 N–H and O–H groups in total. The highest BCUT2D eigenvalue weighted by atomic mass is 16.2. The lowest BCUT2D eigenvalue weighted by Crippen LogP contribution is -2.45. The van der Waals surface area contributed by atoms with Gasteiger partial charge in [0, 0.05) is 25.5 Å². The van der Waals surface area contributed by atoms with Crippen molar-refractivity contribution in [3.8, 4) is 6.07 Å². The molecule has 2 heterocycles. The largest absolute Gasteiger partial charge is 0.332 e. The molecule has 0 bridgehead atoms. The molecular weight excluding hydrogens is 216 g/mol. The molecule has 0 aromatic carbocycles. The average Bonchev–Trinajstić information content (AvgIpc) is 2.84. The van der Waals surface area contributed by atoms with Crippen LogP contribution in [0.1, 0.15) is 26.1 Å². The van der Waals surface area contributed by atoms with Gasteiger partial charge in [-0.3, -0.25) is 4.79 Å². The Kier molecular flexibility index (Phi) is 2.88. The summed E-state index contributed by atoms with van der Waals surface area (Å²) in [7, 11) is 0. The Morgan fingerprint density at radius 1 is 1.65 bits per heavy atom. The molecule has 0 aliphatic carbocycles. The topological polar surface area (TPSA) is 61.9 Å². The van der Waals surface area contributed by atoms with Crippen LogP contribution in [0.15, 0.2) is 12.4 Å². The highest BCUT2D eigenvalue weighted by Crippen LogP contribution is 2.25. The van der Waals surface area contributed by atoms with Crippen LogP contribution in [0, 0.1) is 16.7 Å². The lowest BCUT2D eigenvalue weighted by Gasteiger charge is -2.32. The number of nitriles is 1. The maximum atomic E-state index is 12.3. The van der Waals surface area contributed by atoms with E-state index >= 15 is 0 Å². The summed E-state index contributed by atoms with van der Waals surface area (Å²) in [5.74, 6) is 0.803. The van der Waals surface area contributed by atoms with Crippen LogP contribution in [0.25, 0.3) is 0 Å². The van der Waals surface area contributed by atoms with E-state index in [1.54, 1.807) is 18.0 Å². The summed E-state index contributed by atoms with van der Waals surface area (Å²) in [5, 5.41) is 9.12. The third-order valence-corrected chi connectivity index (χ3v) is 3.46. The van der Waals surface area contributed by atoms with Gasteiger partial charge in [-0.1, -0.05) is 6.92 Å². The van der Waals surface area contributed by atoms with Gasteiger partial charge in [-0.25, -0.2) is 4.98 Å². The number of nitrogens with zero attached hydrogens (tertiary/aromatic N) is 4. The van der Waals surface area contributed by atoms with Crippen molar-refractivity contribution in [2.45, 2.75) is 33.4 Å². The van der Waals surface area contributed by atoms with Crippen LogP contribution >= 0.6 is 0 Å². The molecule has 1 atom stereocenters. The van der Waals surface area contributed by atoms with Crippen molar-refractivity contribution in [1.29, 1.82) is 5.26 Å². The molecule has 90 valence electrons. The smallest absolute Gasteiger partial charge is 0.243 e. The van der Waals surface area contributed by atoms with E-state index in [-0.39, 0.29) is 5.91 Å². The lowest BCUT2D eigenvalue weighted by atomic mass is 9.87. The summed E-state index contributed by atoms with van der Waals surface area (Å²) >= 11 is 0. The molecule has 1 unspecified atom stereocenters. The number of rotatable bonds is 2. The first-order chi connectivity index (χ1) is 8.10. The molecular formula is C12H16N4O. The summed E-state index contributed by atoms with van der Waals surface area (Å²) in [4.78, 5) is 18.2. The van der Waals surface area contributed by atoms with Gasteiger partial charge < -0.3 is 9.47 Å². The molecule has 2 rings (SSSR count). The maximum absolute atomic E-state index is 12.3. The van der Waals surface area contributed by atoms with Crippen LogP contribution in [-0.2, 0) is 17.9 Å². The van der Waals surface area contributed by atoms with Crippen molar-refractivity contribution in [2.24, 2.45) is 5.41 Å². The van der Waals surface area contributed by atoms with Crippen molar-refractivity contribution < 1.29 is 4.79 Å². The van der Waals surface area contributed by atoms with Crippen LogP contribution in [0.5, 0.6) is 0 Å². The van der Waals surface area contributed by atoms with Gasteiger partial charge in [0.15, 0.2) is 0 Å². The highest BCUT2D eigenvalue weighted by Gasteiger charge is 2.36. The van der Waals surface area contributed by atoms with Crippen LogP contribution in [-0.4, -0.2) is 26.9 Å². The zero-order chi connectivity index (χ0) is 12.5. The minimum atomic E-state index is -0.908. The van der Waals surface area contributed by atoms with Gasteiger partial charge in [-0.2, -0.15) is 5.26 Å². The number of hydrogen-bond donors (Lipinski definition) is 0. The van der Waals surface area contributed by atoms with Crippen molar-refractivity contribution >= 4 is 5.91 Å². The molecule has 1 aliphatic heterocycles. The second-order valence-corrected chi connectivity index (χ2v) is 4.56. The predicted molar refractivity (Wildman–Crippen MR) is 61.7 cm³/mol. The van der Waals surface area contributed by atoms with Crippen LogP contribution < -0.4 is 0 Å².